The van der Waals surface area contributed by atoms with E-state index < -0.39 is 10.9 Å². The number of amidine groups is 1. The lowest BCUT2D eigenvalue weighted by molar-refractivity contribution is -0.386. The van der Waals surface area contributed by atoms with Crippen molar-refractivity contribution in [3.05, 3.63) is 134 Å². The number of benzene rings is 4. The van der Waals surface area contributed by atoms with Crippen molar-refractivity contribution in [3.63, 3.8) is 0 Å². The molecule has 0 spiro atoms. The Morgan fingerprint density at radius 3 is 2.37 bits per heavy atom. The van der Waals surface area contributed by atoms with Gasteiger partial charge in [-0.3, -0.25) is 19.8 Å². The van der Waals surface area contributed by atoms with E-state index >= 15 is 0 Å². The molecule has 1 saturated heterocycles. The Morgan fingerprint density at radius 1 is 1.00 bits per heavy atom. The molecule has 4 aromatic rings. The lowest BCUT2D eigenvalue weighted by atomic mass is 10.1. The van der Waals surface area contributed by atoms with Gasteiger partial charge in [-0.1, -0.05) is 48.5 Å². The van der Waals surface area contributed by atoms with Gasteiger partial charge in [0.05, 0.1) is 34.7 Å². The summed E-state index contributed by atoms with van der Waals surface area (Å²) in [5.41, 5.74) is 2.54. The van der Waals surface area contributed by atoms with Gasteiger partial charge in [-0.05, 0) is 77.0 Å². The number of hydrogen-bond acceptors (Lipinski definition) is 8. The minimum absolute atomic E-state index is 0.120. The van der Waals surface area contributed by atoms with Gasteiger partial charge in [0.15, 0.2) is 10.9 Å². The number of nitro benzene ring substituents is 1. The number of aromatic carboxylic acids is 1. The lowest BCUT2D eigenvalue weighted by Gasteiger charge is -2.16. The summed E-state index contributed by atoms with van der Waals surface area (Å²) in [6, 6.07) is 27.1. The number of nitrogens with zero attached hydrogens (tertiary/aromatic N) is 3. The van der Waals surface area contributed by atoms with Crippen LogP contribution in [0.25, 0.3) is 6.08 Å². The molecule has 0 aromatic heterocycles. The average Bonchev–Trinajstić information content (AvgIpc) is 3.30. The quantitative estimate of drug-likeness (QED) is 0.122. The predicted octanol–water partition coefficient (Wildman–Crippen LogP) is 6.68. The largest absolute Gasteiger partial charge is 0.497 e. The molecule has 1 aliphatic rings. The number of methoxy groups -OCH3 is 1. The molecule has 0 unspecified atom stereocenters. The Kier molecular flexibility index (Phi) is 8.82. The van der Waals surface area contributed by atoms with Crippen molar-refractivity contribution in [1.29, 1.82) is 0 Å². The fourth-order valence-electron chi connectivity index (χ4n) is 4.21. The zero-order valence-corrected chi connectivity index (χ0v) is 23.7. The molecule has 11 heteroatoms. The Morgan fingerprint density at radius 2 is 1.72 bits per heavy atom. The monoisotopic (exact) mass is 595 g/mol. The van der Waals surface area contributed by atoms with E-state index in [1.807, 2.05) is 30.3 Å². The number of carbonyl (C=O) groups excluding carboxylic acids is 1. The molecule has 0 bridgehead atoms. The molecule has 1 heterocycles. The summed E-state index contributed by atoms with van der Waals surface area (Å²) in [6.45, 7) is 0.314. The van der Waals surface area contributed by atoms with Crippen LogP contribution in [0.5, 0.6) is 11.5 Å². The van der Waals surface area contributed by atoms with E-state index in [1.165, 1.54) is 29.2 Å². The standard InChI is InChI=1S/C32H25N3O7S/c1-41-26-14-12-25(13-15-26)33-32-34(19-21-7-10-24(11-8-21)31(37)38)30(36)29(43-32)18-23-9-16-28(27(17-23)35(39)40)42-20-22-5-3-2-4-6-22/h2-18H,19-20H2,1H3,(H,37,38)/b29-18-,33-32?. The molecule has 0 radical (unpaired) electrons. The Labute approximate surface area is 251 Å². The molecule has 4 aromatic carbocycles. The number of carbonyl (C=O) groups is 2. The third-order valence-electron chi connectivity index (χ3n) is 6.44. The maximum Gasteiger partial charge on any atom is 0.335 e. The number of nitro groups is 1. The fourth-order valence-corrected chi connectivity index (χ4v) is 5.21. The molecular formula is C32H25N3O7S. The van der Waals surface area contributed by atoms with E-state index in [9.17, 15) is 24.8 Å². The third-order valence-corrected chi connectivity index (χ3v) is 7.45. The SMILES string of the molecule is COc1ccc(N=C2S/C(=C\c3ccc(OCc4ccccc4)c([N+](=O)[O-])c3)C(=O)N2Cc2ccc(C(=O)O)cc2)cc1. The second-order valence-corrected chi connectivity index (χ2v) is 10.4. The molecule has 10 nitrogen and oxygen atoms in total. The average molecular weight is 596 g/mol. The van der Waals surface area contributed by atoms with Crippen LogP contribution in [0, 0.1) is 10.1 Å². The maximum atomic E-state index is 13.6. The van der Waals surface area contributed by atoms with Gasteiger partial charge in [0.2, 0.25) is 0 Å². The lowest BCUT2D eigenvalue weighted by Crippen LogP contribution is -2.28. The van der Waals surface area contributed by atoms with Crippen LogP contribution in [-0.2, 0) is 17.9 Å². The van der Waals surface area contributed by atoms with E-state index in [1.54, 1.807) is 55.7 Å². The molecule has 5 rings (SSSR count). The van der Waals surface area contributed by atoms with Gasteiger partial charge in [0.25, 0.3) is 5.91 Å². The number of hydrogen-bond donors (Lipinski definition) is 1. The number of carboxylic acids is 1. The molecule has 0 aliphatic carbocycles. The van der Waals surface area contributed by atoms with Gasteiger partial charge in [-0.15, -0.1) is 0 Å². The highest BCUT2D eigenvalue weighted by Gasteiger charge is 2.34. The smallest absolute Gasteiger partial charge is 0.335 e. The summed E-state index contributed by atoms with van der Waals surface area (Å²) < 4.78 is 10.9. The topological polar surface area (TPSA) is 132 Å². The predicted molar refractivity (Wildman–Crippen MR) is 163 cm³/mol. The summed E-state index contributed by atoms with van der Waals surface area (Å²) in [5.74, 6) is -0.606. The first-order chi connectivity index (χ1) is 20.8. The Bertz CT molecular complexity index is 1720. The summed E-state index contributed by atoms with van der Waals surface area (Å²) in [4.78, 5) is 42.7. The number of thioether (sulfide) groups is 1. The van der Waals surface area contributed by atoms with E-state index in [0.29, 0.717) is 32.6 Å². The van der Waals surface area contributed by atoms with Crippen molar-refractivity contribution in [3.8, 4) is 11.5 Å². The van der Waals surface area contributed by atoms with Gasteiger partial charge < -0.3 is 14.6 Å². The minimum atomic E-state index is -1.04. The first-order valence-corrected chi connectivity index (χ1v) is 13.8. The highest BCUT2D eigenvalue weighted by Crippen LogP contribution is 2.37. The molecule has 43 heavy (non-hydrogen) atoms. The number of aliphatic imine (C=N–C) groups is 1. The van der Waals surface area contributed by atoms with E-state index in [4.69, 9.17) is 9.47 Å². The van der Waals surface area contributed by atoms with Crippen molar-refractivity contribution in [2.75, 3.05) is 7.11 Å². The Balaban J connectivity index is 1.44. The van der Waals surface area contributed by atoms with Crippen molar-refractivity contribution < 1.29 is 29.1 Å². The van der Waals surface area contributed by atoms with Crippen LogP contribution in [0.15, 0.2) is 107 Å². The molecule has 0 saturated carbocycles. The van der Waals surface area contributed by atoms with E-state index in [0.717, 1.165) is 17.3 Å². The van der Waals surface area contributed by atoms with Crippen molar-refractivity contribution in [2.45, 2.75) is 13.2 Å². The molecule has 1 aliphatic heterocycles. The zero-order valence-electron chi connectivity index (χ0n) is 22.9. The molecule has 1 fully saturated rings. The van der Waals surface area contributed by atoms with Crippen molar-refractivity contribution >= 4 is 46.3 Å². The minimum Gasteiger partial charge on any atom is -0.497 e. The molecular weight excluding hydrogens is 570 g/mol. The molecule has 0 atom stereocenters. The van der Waals surface area contributed by atoms with Crippen LogP contribution < -0.4 is 9.47 Å². The summed E-state index contributed by atoms with van der Waals surface area (Å²) in [7, 11) is 1.56. The van der Waals surface area contributed by atoms with E-state index in [-0.39, 0.29) is 36.1 Å². The van der Waals surface area contributed by atoms with Gasteiger partial charge in [0, 0.05) is 6.07 Å². The van der Waals surface area contributed by atoms with Gasteiger partial charge in [0.1, 0.15) is 12.4 Å². The van der Waals surface area contributed by atoms with Crippen LogP contribution >= 0.6 is 11.8 Å². The van der Waals surface area contributed by atoms with Crippen LogP contribution in [0.2, 0.25) is 0 Å². The number of amides is 1. The second-order valence-electron chi connectivity index (χ2n) is 9.35. The summed E-state index contributed by atoms with van der Waals surface area (Å²) in [6.07, 6.45) is 1.58. The second kappa shape index (κ2) is 13.0. The van der Waals surface area contributed by atoms with Gasteiger partial charge in [-0.25, -0.2) is 9.79 Å². The van der Waals surface area contributed by atoms with Gasteiger partial charge in [-0.2, -0.15) is 0 Å². The van der Waals surface area contributed by atoms with E-state index in [2.05, 4.69) is 4.99 Å². The zero-order chi connectivity index (χ0) is 30.3. The van der Waals surface area contributed by atoms with Crippen LogP contribution in [0.4, 0.5) is 11.4 Å². The number of ether oxygens (including phenoxy) is 2. The molecule has 216 valence electrons. The van der Waals surface area contributed by atoms with Crippen LogP contribution in [0.3, 0.4) is 0 Å². The normalized spacial score (nSPS) is 14.7. The summed E-state index contributed by atoms with van der Waals surface area (Å²) in [5, 5.41) is 21.5. The Hall–Kier alpha value is -5.42. The summed E-state index contributed by atoms with van der Waals surface area (Å²) >= 11 is 1.14. The molecule has 1 N–H and O–H groups in total. The first kappa shape index (κ1) is 29.1. The van der Waals surface area contributed by atoms with Crippen LogP contribution in [-0.4, -0.2) is 39.1 Å². The number of carboxylic acid groups (broad SMARTS) is 1. The third kappa shape index (κ3) is 7.08. The maximum absolute atomic E-state index is 13.6. The molecule has 1 amide bonds. The highest BCUT2D eigenvalue weighted by atomic mass is 32.2. The van der Waals surface area contributed by atoms with Gasteiger partial charge >= 0.3 is 11.7 Å². The van der Waals surface area contributed by atoms with Crippen molar-refractivity contribution in [1.82, 2.24) is 4.90 Å². The highest BCUT2D eigenvalue weighted by molar-refractivity contribution is 8.18. The van der Waals surface area contributed by atoms with Crippen molar-refractivity contribution in [2.24, 2.45) is 4.99 Å². The first-order valence-electron chi connectivity index (χ1n) is 13.0. The van der Waals surface area contributed by atoms with Crippen LogP contribution in [0.1, 0.15) is 27.0 Å². The fraction of sp³-hybridized carbons (Fsp3) is 0.0938. The number of rotatable bonds is 10.